The number of hydrogen-bond acceptors (Lipinski definition) is 5. The number of rotatable bonds is 8. The van der Waals surface area contributed by atoms with Crippen LogP contribution in [0.4, 0.5) is 11.4 Å². The van der Waals surface area contributed by atoms with E-state index < -0.39 is 10.0 Å². The predicted molar refractivity (Wildman–Crippen MR) is 129 cm³/mol. The second-order valence-electron chi connectivity index (χ2n) is 7.91. The molecule has 0 aromatic heterocycles. The van der Waals surface area contributed by atoms with E-state index in [0.717, 1.165) is 30.6 Å². The lowest BCUT2D eigenvalue weighted by Crippen LogP contribution is -2.49. The number of nitrogens with zero attached hydrogens (tertiary/aromatic N) is 3. The molecule has 0 spiro atoms. The van der Waals surface area contributed by atoms with Crippen LogP contribution in [-0.2, 0) is 14.8 Å². The van der Waals surface area contributed by atoms with Crippen LogP contribution >= 0.6 is 11.6 Å². The van der Waals surface area contributed by atoms with Gasteiger partial charge in [-0.2, -0.15) is 0 Å². The molecule has 2 aromatic carbocycles. The maximum atomic E-state index is 12.7. The molecule has 0 N–H and O–H groups in total. The van der Waals surface area contributed by atoms with Gasteiger partial charge in [0.15, 0.2) is 0 Å². The van der Waals surface area contributed by atoms with Gasteiger partial charge in [0.2, 0.25) is 15.9 Å². The zero-order valence-electron chi connectivity index (χ0n) is 18.8. The first kappa shape index (κ1) is 24.2. The summed E-state index contributed by atoms with van der Waals surface area (Å²) in [5.41, 5.74) is 2.74. The number of carbonyl (C=O) groups is 1. The van der Waals surface area contributed by atoms with Gasteiger partial charge in [-0.15, -0.1) is 0 Å². The van der Waals surface area contributed by atoms with Crippen molar-refractivity contribution in [1.82, 2.24) is 4.90 Å². The van der Waals surface area contributed by atoms with Crippen LogP contribution in [0.25, 0.3) is 0 Å². The van der Waals surface area contributed by atoms with E-state index in [0.29, 0.717) is 36.0 Å². The molecule has 0 atom stereocenters. The molecular weight excluding hydrogens is 450 g/mol. The van der Waals surface area contributed by atoms with E-state index in [1.807, 2.05) is 23.1 Å². The predicted octanol–water partition coefficient (Wildman–Crippen LogP) is 3.55. The Kier molecular flexibility index (Phi) is 7.90. The van der Waals surface area contributed by atoms with Crippen molar-refractivity contribution < 1.29 is 17.9 Å². The van der Waals surface area contributed by atoms with E-state index in [1.54, 1.807) is 24.3 Å². The normalized spacial score (nSPS) is 14.4. The maximum absolute atomic E-state index is 12.7. The number of carbonyl (C=O) groups excluding carboxylic acids is 1. The summed E-state index contributed by atoms with van der Waals surface area (Å²) >= 11 is 6.15. The van der Waals surface area contributed by atoms with Crippen molar-refractivity contribution in [2.45, 2.75) is 19.8 Å². The van der Waals surface area contributed by atoms with E-state index in [1.165, 1.54) is 11.4 Å². The van der Waals surface area contributed by atoms with Gasteiger partial charge in [0.1, 0.15) is 5.75 Å². The van der Waals surface area contributed by atoms with E-state index >= 15 is 0 Å². The molecule has 0 bridgehead atoms. The second kappa shape index (κ2) is 10.4. The first-order valence-electron chi connectivity index (χ1n) is 10.6. The summed E-state index contributed by atoms with van der Waals surface area (Å²) in [4.78, 5) is 16.8. The van der Waals surface area contributed by atoms with Crippen LogP contribution in [-0.4, -0.2) is 65.3 Å². The molecule has 1 amide bonds. The Morgan fingerprint density at radius 1 is 1.12 bits per heavy atom. The minimum Gasteiger partial charge on any atom is -0.495 e. The zero-order chi connectivity index (χ0) is 23.3. The first-order chi connectivity index (χ1) is 15.2. The molecule has 3 rings (SSSR count). The number of halogens is 1. The van der Waals surface area contributed by atoms with Crippen LogP contribution in [0.2, 0.25) is 5.02 Å². The van der Waals surface area contributed by atoms with E-state index in [4.69, 9.17) is 16.3 Å². The van der Waals surface area contributed by atoms with Crippen LogP contribution in [0, 0.1) is 6.92 Å². The third-order valence-electron chi connectivity index (χ3n) is 5.65. The molecule has 0 unspecified atom stereocenters. The molecule has 1 heterocycles. The lowest BCUT2D eigenvalue weighted by molar-refractivity contribution is -0.131. The van der Waals surface area contributed by atoms with Crippen LogP contribution in [0.1, 0.15) is 18.4 Å². The highest BCUT2D eigenvalue weighted by molar-refractivity contribution is 7.92. The molecule has 174 valence electrons. The van der Waals surface area contributed by atoms with E-state index in [-0.39, 0.29) is 18.9 Å². The molecule has 7 nitrogen and oxygen atoms in total. The minimum atomic E-state index is -3.51. The molecule has 0 radical (unpaired) electrons. The molecule has 2 aromatic rings. The van der Waals surface area contributed by atoms with Crippen molar-refractivity contribution in [2.24, 2.45) is 0 Å². The number of benzene rings is 2. The van der Waals surface area contributed by atoms with E-state index in [9.17, 15) is 13.2 Å². The van der Waals surface area contributed by atoms with Crippen LogP contribution in [0.3, 0.4) is 0 Å². The van der Waals surface area contributed by atoms with Crippen molar-refractivity contribution in [3.63, 3.8) is 0 Å². The van der Waals surface area contributed by atoms with Crippen LogP contribution in [0.5, 0.6) is 5.75 Å². The topological polar surface area (TPSA) is 70.2 Å². The third-order valence-corrected chi connectivity index (χ3v) is 7.07. The quantitative estimate of drug-likeness (QED) is 0.579. The highest BCUT2D eigenvalue weighted by Crippen LogP contribution is 2.30. The summed E-state index contributed by atoms with van der Waals surface area (Å²) in [7, 11) is -2.00. The third kappa shape index (κ3) is 5.86. The Balaban J connectivity index is 1.56. The smallest absolute Gasteiger partial charge is 0.232 e. The molecule has 1 saturated heterocycles. The minimum absolute atomic E-state index is 0.0425. The Bertz CT molecular complexity index is 1050. The van der Waals surface area contributed by atoms with Crippen molar-refractivity contribution in [3.05, 3.63) is 53.1 Å². The van der Waals surface area contributed by atoms with Gasteiger partial charge in [0.25, 0.3) is 0 Å². The van der Waals surface area contributed by atoms with Gasteiger partial charge in [0, 0.05) is 49.9 Å². The van der Waals surface area contributed by atoms with Crippen LogP contribution in [0.15, 0.2) is 42.5 Å². The van der Waals surface area contributed by atoms with Gasteiger partial charge in [-0.1, -0.05) is 29.8 Å². The summed E-state index contributed by atoms with van der Waals surface area (Å²) in [5, 5.41) is 0.703. The number of para-hydroxylation sites is 2. The summed E-state index contributed by atoms with van der Waals surface area (Å²) in [6.07, 6.45) is 1.88. The lowest BCUT2D eigenvalue weighted by Gasteiger charge is -2.37. The fraction of sp³-hybridized carbons (Fsp3) is 0.435. The number of aryl methyl sites for hydroxylation is 1. The molecule has 0 aliphatic carbocycles. The highest BCUT2D eigenvalue weighted by Gasteiger charge is 2.24. The molecule has 1 aliphatic heterocycles. The number of amides is 1. The van der Waals surface area contributed by atoms with Gasteiger partial charge in [-0.25, -0.2) is 8.42 Å². The van der Waals surface area contributed by atoms with E-state index in [2.05, 4.69) is 11.8 Å². The number of anilines is 2. The SMILES string of the molecule is COc1ccccc1N(CCCC(=O)N1CCN(c2cc(Cl)ccc2C)CC1)S(C)(=O)=O. The Hall–Kier alpha value is -2.45. The summed E-state index contributed by atoms with van der Waals surface area (Å²) in [6, 6.07) is 12.8. The average molecular weight is 480 g/mol. The van der Waals surface area contributed by atoms with Crippen molar-refractivity contribution >= 4 is 38.9 Å². The van der Waals surface area contributed by atoms with Gasteiger partial charge in [-0.3, -0.25) is 9.10 Å². The number of piperazine rings is 1. The Morgan fingerprint density at radius 2 is 1.81 bits per heavy atom. The molecule has 1 fully saturated rings. The van der Waals surface area contributed by atoms with Crippen molar-refractivity contribution in [3.8, 4) is 5.75 Å². The van der Waals surface area contributed by atoms with Gasteiger partial charge >= 0.3 is 0 Å². The summed E-state index contributed by atoms with van der Waals surface area (Å²) in [5.74, 6) is 0.526. The fourth-order valence-electron chi connectivity index (χ4n) is 3.95. The number of hydrogen-bond donors (Lipinski definition) is 0. The highest BCUT2D eigenvalue weighted by atomic mass is 35.5. The second-order valence-corrected chi connectivity index (χ2v) is 10.3. The largest absolute Gasteiger partial charge is 0.495 e. The zero-order valence-corrected chi connectivity index (χ0v) is 20.3. The molecular formula is C23H30ClN3O4S. The molecule has 32 heavy (non-hydrogen) atoms. The number of sulfonamides is 1. The standard InChI is InChI=1S/C23H30ClN3O4S/c1-18-10-11-19(24)17-21(18)25-13-15-26(16-14-25)23(28)9-6-12-27(32(3,29)30)20-7-4-5-8-22(20)31-2/h4-5,7-8,10-11,17H,6,9,12-16H2,1-3H3. The van der Waals surface area contributed by atoms with Crippen molar-refractivity contribution in [2.75, 3.05) is 55.3 Å². The van der Waals surface area contributed by atoms with Gasteiger partial charge in [-0.05, 0) is 43.2 Å². The Labute approximate surface area is 195 Å². The lowest BCUT2D eigenvalue weighted by atomic mass is 10.1. The number of methoxy groups -OCH3 is 1. The number of ether oxygens (including phenoxy) is 1. The van der Waals surface area contributed by atoms with Crippen molar-refractivity contribution in [1.29, 1.82) is 0 Å². The van der Waals surface area contributed by atoms with Gasteiger partial charge in [0.05, 0.1) is 19.1 Å². The monoisotopic (exact) mass is 479 g/mol. The fourth-order valence-corrected chi connectivity index (χ4v) is 5.09. The Morgan fingerprint density at radius 3 is 2.47 bits per heavy atom. The first-order valence-corrected chi connectivity index (χ1v) is 12.8. The van der Waals surface area contributed by atoms with Gasteiger partial charge < -0.3 is 14.5 Å². The van der Waals surface area contributed by atoms with Crippen LogP contribution < -0.4 is 13.9 Å². The molecule has 0 saturated carbocycles. The molecule has 1 aliphatic rings. The maximum Gasteiger partial charge on any atom is 0.232 e. The molecule has 9 heteroatoms. The summed E-state index contributed by atoms with van der Waals surface area (Å²) in [6.45, 7) is 5.01. The average Bonchev–Trinajstić information content (AvgIpc) is 2.77. The summed E-state index contributed by atoms with van der Waals surface area (Å²) < 4.78 is 31.3.